The van der Waals surface area contributed by atoms with Gasteiger partial charge in [-0.1, -0.05) is 92.3 Å². The topological polar surface area (TPSA) is 3.24 Å². The van der Waals surface area contributed by atoms with Gasteiger partial charge in [-0.15, -0.1) is 0 Å². The zero-order chi connectivity index (χ0) is 21.9. The Balaban J connectivity index is 0.00000155. The summed E-state index contributed by atoms with van der Waals surface area (Å²) in [6.45, 7) is 14.1. The molecule has 0 atom stereocenters. The van der Waals surface area contributed by atoms with Crippen LogP contribution >= 0.6 is 0 Å². The average molecular weight is 396 g/mol. The van der Waals surface area contributed by atoms with Gasteiger partial charge in [0, 0.05) is 17.1 Å². The first kappa shape index (κ1) is 23.0. The Kier molecular flexibility index (Phi) is 8.90. The van der Waals surface area contributed by atoms with E-state index < -0.39 is 0 Å². The first-order valence-corrected chi connectivity index (χ1v) is 10.6. The van der Waals surface area contributed by atoms with E-state index in [-0.39, 0.29) is 0 Å². The highest BCUT2D eigenvalue weighted by molar-refractivity contribution is 5.80. The molecule has 0 aliphatic heterocycles. The summed E-state index contributed by atoms with van der Waals surface area (Å²) >= 11 is 0. The van der Waals surface area contributed by atoms with Crippen molar-refractivity contribution in [1.82, 2.24) is 0 Å². The third-order valence-electron chi connectivity index (χ3n) is 4.69. The van der Waals surface area contributed by atoms with Crippen LogP contribution < -0.4 is 4.90 Å². The molecule has 0 N–H and O–H groups in total. The van der Waals surface area contributed by atoms with Crippen LogP contribution in [0.25, 0.3) is 5.57 Å². The van der Waals surface area contributed by atoms with Crippen molar-refractivity contribution in [3.05, 3.63) is 120 Å². The van der Waals surface area contributed by atoms with E-state index in [1.165, 1.54) is 16.7 Å². The van der Waals surface area contributed by atoms with Crippen LogP contribution in [0.2, 0.25) is 0 Å². The predicted molar refractivity (Wildman–Crippen MR) is 135 cm³/mol. The molecule has 0 bridgehead atoms. The van der Waals surface area contributed by atoms with Crippen LogP contribution in [0.5, 0.6) is 0 Å². The molecule has 0 saturated carbocycles. The van der Waals surface area contributed by atoms with Crippen molar-refractivity contribution in [2.75, 3.05) is 4.90 Å². The maximum atomic E-state index is 3.83. The van der Waals surface area contributed by atoms with Gasteiger partial charge in [0.2, 0.25) is 0 Å². The number of allylic oxidation sites excluding steroid dienone is 5. The third-order valence-corrected chi connectivity index (χ3v) is 4.69. The molecule has 3 rings (SSSR count). The fraction of sp³-hybridized carbons (Fsp3) is 0.172. The second kappa shape index (κ2) is 11.6. The molecular weight excluding hydrogens is 362 g/mol. The van der Waals surface area contributed by atoms with Crippen molar-refractivity contribution in [2.24, 2.45) is 0 Å². The molecule has 0 heterocycles. The zero-order valence-corrected chi connectivity index (χ0v) is 18.9. The van der Waals surface area contributed by atoms with E-state index >= 15 is 0 Å². The summed E-state index contributed by atoms with van der Waals surface area (Å²) in [4.78, 5) is 2.29. The summed E-state index contributed by atoms with van der Waals surface area (Å²) < 4.78 is 0. The van der Waals surface area contributed by atoms with E-state index in [0.29, 0.717) is 0 Å². The maximum Gasteiger partial charge on any atom is 0.0462 e. The van der Waals surface area contributed by atoms with Crippen molar-refractivity contribution in [2.45, 2.75) is 34.6 Å². The van der Waals surface area contributed by atoms with Crippen LogP contribution in [0, 0.1) is 13.8 Å². The first-order valence-electron chi connectivity index (χ1n) is 10.6. The van der Waals surface area contributed by atoms with Crippen LogP contribution in [0.3, 0.4) is 0 Å². The first-order chi connectivity index (χ1) is 14.6. The quantitative estimate of drug-likeness (QED) is 0.376. The largest absolute Gasteiger partial charge is 0.311 e. The van der Waals surface area contributed by atoms with Crippen LogP contribution in [0.1, 0.15) is 37.5 Å². The van der Waals surface area contributed by atoms with Crippen molar-refractivity contribution >= 4 is 22.6 Å². The highest BCUT2D eigenvalue weighted by Crippen LogP contribution is 2.35. The molecule has 1 heteroatoms. The van der Waals surface area contributed by atoms with Crippen molar-refractivity contribution < 1.29 is 0 Å². The number of anilines is 3. The summed E-state index contributed by atoms with van der Waals surface area (Å²) in [6, 6.07) is 26.0. The lowest BCUT2D eigenvalue weighted by molar-refractivity contribution is 1.27. The van der Waals surface area contributed by atoms with Gasteiger partial charge in [0.1, 0.15) is 0 Å². The molecule has 30 heavy (non-hydrogen) atoms. The van der Waals surface area contributed by atoms with Gasteiger partial charge in [0.15, 0.2) is 0 Å². The predicted octanol–water partition coefficient (Wildman–Crippen LogP) is 8.94. The van der Waals surface area contributed by atoms with Gasteiger partial charge in [-0.05, 0) is 68.3 Å². The lowest BCUT2D eigenvalue weighted by atomic mass is 10.0. The van der Waals surface area contributed by atoms with Crippen molar-refractivity contribution in [3.8, 4) is 0 Å². The number of hydrogen-bond donors (Lipinski definition) is 0. The molecule has 0 spiro atoms. The van der Waals surface area contributed by atoms with Gasteiger partial charge in [0.05, 0.1) is 0 Å². The molecular formula is C29H33N. The molecule has 0 radical (unpaired) electrons. The van der Waals surface area contributed by atoms with E-state index in [9.17, 15) is 0 Å². The van der Waals surface area contributed by atoms with Gasteiger partial charge in [0.25, 0.3) is 0 Å². The summed E-state index contributed by atoms with van der Waals surface area (Å²) in [5.74, 6) is 0. The average Bonchev–Trinajstić information content (AvgIpc) is 2.78. The maximum absolute atomic E-state index is 3.83. The Morgan fingerprint density at radius 1 is 0.700 bits per heavy atom. The van der Waals surface area contributed by atoms with Crippen LogP contribution in [-0.4, -0.2) is 0 Å². The molecule has 0 unspecified atom stereocenters. The Morgan fingerprint density at radius 3 is 1.47 bits per heavy atom. The Morgan fingerprint density at radius 2 is 1.10 bits per heavy atom. The molecule has 3 aromatic carbocycles. The minimum atomic E-state index is 1.13. The summed E-state index contributed by atoms with van der Waals surface area (Å²) in [7, 11) is 0. The molecule has 0 aliphatic rings. The van der Waals surface area contributed by atoms with E-state index in [4.69, 9.17) is 0 Å². The van der Waals surface area contributed by atoms with E-state index in [1.807, 2.05) is 39.0 Å². The molecule has 3 aromatic rings. The lowest BCUT2D eigenvalue weighted by Crippen LogP contribution is -2.09. The van der Waals surface area contributed by atoms with Crippen LogP contribution in [-0.2, 0) is 0 Å². The van der Waals surface area contributed by atoms with E-state index in [2.05, 4.69) is 104 Å². The Bertz CT molecular complexity index is 927. The minimum Gasteiger partial charge on any atom is -0.311 e. The highest BCUT2D eigenvalue weighted by atomic mass is 15.1. The monoisotopic (exact) mass is 395 g/mol. The Hall–Kier alpha value is -3.32. The van der Waals surface area contributed by atoms with Crippen LogP contribution in [0.15, 0.2) is 104 Å². The molecule has 0 aromatic heterocycles. The fourth-order valence-corrected chi connectivity index (χ4v) is 3.19. The number of hydrogen-bond acceptors (Lipinski definition) is 1. The summed E-state index contributed by atoms with van der Waals surface area (Å²) in [5.41, 5.74) is 8.28. The number of rotatable bonds is 6. The van der Waals surface area contributed by atoms with Gasteiger partial charge >= 0.3 is 0 Å². The number of benzene rings is 3. The third kappa shape index (κ3) is 5.84. The molecule has 154 valence electrons. The van der Waals surface area contributed by atoms with E-state index in [1.54, 1.807) is 0 Å². The molecule has 0 aliphatic carbocycles. The molecule has 1 nitrogen and oxygen atoms in total. The smallest absolute Gasteiger partial charge is 0.0462 e. The second-order valence-corrected chi connectivity index (χ2v) is 6.91. The van der Waals surface area contributed by atoms with Gasteiger partial charge in [-0.3, -0.25) is 0 Å². The number of nitrogens with zero attached hydrogens (tertiary/aromatic N) is 1. The SMILES string of the molecule is C=C/C=C(\C=C/C)c1ccc(N(c2ccc(C)cc2)c2ccc(C)cc2)cc1.CC. The number of aryl methyl sites for hydroxylation is 2. The second-order valence-electron chi connectivity index (χ2n) is 6.91. The molecule has 0 saturated heterocycles. The lowest BCUT2D eigenvalue weighted by Gasteiger charge is -2.26. The summed E-state index contributed by atoms with van der Waals surface area (Å²) in [6.07, 6.45) is 8.02. The fourth-order valence-electron chi connectivity index (χ4n) is 3.19. The molecule has 0 fully saturated rings. The van der Waals surface area contributed by atoms with Crippen molar-refractivity contribution in [3.63, 3.8) is 0 Å². The van der Waals surface area contributed by atoms with Gasteiger partial charge in [-0.2, -0.15) is 0 Å². The summed E-state index contributed by atoms with van der Waals surface area (Å²) in [5, 5.41) is 0. The van der Waals surface area contributed by atoms with Crippen molar-refractivity contribution in [1.29, 1.82) is 0 Å². The standard InChI is InChI=1S/C27H27N.C2H6/c1-5-7-23(8-6-2)24-13-19-27(20-14-24)28(25-15-9-21(3)10-16-25)26-17-11-22(4)12-18-26;1-2/h5-20H,1H2,2-4H3;1-2H3/b8-6-,23-7+;. The minimum absolute atomic E-state index is 1.13. The van der Waals surface area contributed by atoms with E-state index in [0.717, 1.165) is 22.6 Å². The zero-order valence-electron chi connectivity index (χ0n) is 18.9. The van der Waals surface area contributed by atoms with Gasteiger partial charge < -0.3 is 4.90 Å². The normalized spacial score (nSPS) is 11.0. The highest BCUT2D eigenvalue weighted by Gasteiger charge is 2.12. The van der Waals surface area contributed by atoms with Gasteiger partial charge in [-0.25, -0.2) is 0 Å². The van der Waals surface area contributed by atoms with Crippen LogP contribution in [0.4, 0.5) is 17.1 Å². The molecule has 0 amide bonds. The Labute approximate surface area is 182 Å².